The fraction of sp³-hybridized carbons (Fsp3) is 0.111. The van der Waals surface area contributed by atoms with Gasteiger partial charge in [0.1, 0.15) is 11.8 Å². The van der Waals surface area contributed by atoms with E-state index in [1.807, 2.05) is 0 Å². The van der Waals surface area contributed by atoms with Gasteiger partial charge >= 0.3 is 11.9 Å². The topological polar surface area (TPSA) is 109 Å². The second kappa shape index (κ2) is 8.12. The summed E-state index contributed by atoms with van der Waals surface area (Å²) in [7, 11) is 0. The molecule has 0 amide bonds. The van der Waals surface area contributed by atoms with Crippen LogP contribution in [0.1, 0.15) is 23.0 Å². The average molecular weight is 395 g/mol. The van der Waals surface area contributed by atoms with Crippen molar-refractivity contribution in [2.45, 2.75) is 11.8 Å². The highest BCUT2D eigenvalue weighted by Crippen LogP contribution is 2.26. The standard InChI is InChI=1S/C18H12Cl2O6/c19-11-5-1-9(2-6-11)13(17(23)24)15(21)16(22)14(18(25)26)10-3-7-12(20)8-4-10/h1-8,13-14H,(H,23,24)(H,25,26)/t13-,14-/m1/s1. The van der Waals surface area contributed by atoms with E-state index in [0.29, 0.717) is 10.0 Å². The summed E-state index contributed by atoms with van der Waals surface area (Å²) >= 11 is 11.5. The van der Waals surface area contributed by atoms with Crippen LogP contribution in [0.25, 0.3) is 0 Å². The molecule has 0 saturated carbocycles. The van der Waals surface area contributed by atoms with E-state index >= 15 is 0 Å². The van der Waals surface area contributed by atoms with Crippen LogP contribution in [0, 0.1) is 0 Å². The Morgan fingerprint density at radius 1 is 0.615 bits per heavy atom. The summed E-state index contributed by atoms with van der Waals surface area (Å²) in [6.07, 6.45) is 0. The quantitative estimate of drug-likeness (QED) is 0.551. The van der Waals surface area contributed by atoms with Gasteiger partial charge in [-0.05, 0) is 35.4 Å². The minimum atomic E-state index is -1.83. The number of halogens is 2. The number of hydrogen-bond acceptors (Lipinski definition) is 4. The molecule has 134 valence electrons. The molecule has 26 heavy (non-hydrogen) atoms. The van der Waals surface area contributed by atoms with E-state index in [1.165, 1.54) is 48.5 Å². The summed E-state index contributed by atoms with van der Waals surface area (Å²) in [5.74, 6) is -9.44. The van der Waals surface area contributed by atoms with Crippen molar-refractivity contribution in [2.75, 3.05) is 0 Å². The maximum Gasteiger partial charge on any atom is 0.319 e. The largest absolute Gasteiger partial charge is 0.480 e. The second-order valence-electron chi connectivity index (χ2n) is 5.37. The van der Waals surface area contributed by atoms with E-state index in [1.54, 1.807) is 0 Å². The van der Waals surface area contributed by atoms with Gasteiger partial charge in [-0.15, -0.1) is 0 Å². The third-order valence-corrected chi connectivity index (χ3v) is 4.17. The minimum Gasteiger partial charge on any atom is -0.480 e. The molecule has 0 bridgehead atoms. The molecule has 2 aromatic rings. The Bertz CT molecular complexity index is 785. The van der Waals surface area contributed by atoms with E-state index in [4.69, 9.17) is 23.2 Å². The lowest BCUT2D eigenvalue weighted by Crippen LogP contribution is -2.34. The first-order valence-electron chi connectivity index (χ1n) is 7.27. The van der Waals surface area contributed by atoms with Crippen LogP contribution in [0.3, 0.4) is 0 Å². The van der Waals surface area contributed by atoms with Crippen LogP contribution in [0.4, 0.5) is 0 Å². The number of carbonyl (C=O) groups excluding carboxylic acids is 2. The van der Waals surface area contributed by atoms with Crippen molar-refractivity contribution < 1.29 is 29.4 Å². The summed E-state index contributed by atoms with van der Waals surface area (Å²) in [6.45, 7) is 0. The van der Waals surface area contributed by atoms with Crippen LogP contribution in [0.15, 0.2) is 48.5 Å². The summed E-state index contributed by atoms with van der Waals surface area (Å²) in [5.41, 5.74) is 0.0565. The zero-order chi connectivity index (χ0) is 19.4. The fourth-order valence-electron chi connectivity index (χ4n) is 2.41. The van der Waals surface area contributed by atoms with Gasteiger partial charge < -0.3 is 10.2 Å². The smallest absolute Gasteiger partial charge is 0.319 e. The average Bonchev–Trinajstić information content (AvgIpc) is 2.58. The number of Topliss-reactive ketones (excluding diaryl/α,β-unsaturated/α-hetero) is 2. The number of aliphatic carboxylic acids is 2. The molecule has 0 heterocycles. The Balaban J connectivity index is 2.41. The van der Waals surface area contributed by atoms with Gasteiger partial charge in [-0.25, -0.2) is 0 Å². The molecule has 2 aromatic carbocycles. The van der Waals surface area contributed by atoms with Crippen molar-refractivity contribution in [1.29, 1.82) is 0 Å². The van der Waals surface area contributed by atoms with Crippen molar-refractivity contribution in [3.05, 3.63) is 69.7 Å². The van der Waals surface area contributed by atoms with Gasteiger partial charge in [0.25, 0.3) is 0 Å². The maximum atomic E-state index is 12.5. The molecule has 2 N–H and O–H groups in total. The van der Waals surface area contributed by atoms with E-state index in [9.17, 15) is 29.4 Å². The monoisotopic (exact) mass is 394 g/mol. The molecule has 8 heteroatoms. The second-order valence-corrected chi connectivity index (χ2v) is 6.25. The van der Waals surface area contributed by atoms with Gasteiger partial charge in [-0.1, -0.05) is 47.5 Å². The lowest BCUT2D eigenvalue weighted by atomic mass is 9.85. The van der Waals surface area contributed by atoms with Crippen molar-refractivity contribution in [2.24, 2.45) is 0 Å². The van der Waals surface area contributed by atoms with E-state index in [2.05, 4.69) is 0 Å². The van der Waals surface area contributed by atoms with Crippen LogP contribution in [0.2, 0.25) is 10.0 Å². The number of carbonyl (C=O) groups is 4. The van der Waals surface area contributed by atoms with Crippen molar-refractivity contribution >= 4 is 46.7 Å². The van der Waals surface area contributed by atoms with Crippen molar-refractivity contribution in [1.82, 2.24) is 0 Å². The Hall–Kier alpha value is -2.70. The third kappa shape index (κ3) is 4.28. The van der Waals surface area contributed by atoms with Gasteiger partial charge in [-0.3, -0.25) is 19.2 Å². The molecule has 0 aliphatic carbocycles. The lowest BCUT2D eigenvalue weighted by molar-refractivity contribution is -0.151. The first-order chi connectivity index (χ1) is 12.2. The molecule has 0 fully saturated rings. The summed E-state index contributed by atoms with van der Waals surface area (Å²) in [6, 6.07) is 10.7. The molecule has 0 spiro atoms. The maximum absolute atomic E-state index is 12.5. The highest BCUT2D eigenvalue weighted by atomic mass is 35.5. The number of benzene rings is 2. The van der Waals surface area contributed by atoms with Crippen LogP contribution in [-0.2, 0) is 19.2 Å². The molecule has 2 atom stereocenters. The van der Waals surface area contributed by atoms with Gasteiger partial charge in [0, 0.05) is 10.0 Å². The predicted octanol–water partition coefficient (Wildman–Crippen LogP) is 3.17. The van der Waals surface area contributed by atoms with Crippen molar-refractivity contribution in [3.63, 3.8) is 0 Å². The Morgan fingerprint density at radius 2 is 0.885 bits per heavy atom. The molecule has 0 radical (unpaired) electrons. The molecule has 2 rings (SSSR count). The molecule has 0 aliphatic heterocycles. The molecule has 0 unspecified atom stereocenters. The third-order valence-electron chi connectivity index (χ3n) is 3.67. The molecular formula is C18H12Cl2O6. The molecular weight excluding hydrogens is 383 g/mol. The molecule has 0 aromatic heterocycles. The fourth-order valence-corrected chi connectivity index (χ4v) is 2.66. The van der Waals surface area contributed by atoms with Crippen LogP contribution >= 0.6 is 23.2 Å². The van der Waals surface area contributed by atoms with E-state index < -0.39 is 35.3 Å². The Labute approximate surface area is 158 Å². The number of rotatable bonds is 7. The zero-order valence-corrected chi connectivity index (χ0v) is 14.6. The number of carboxylic acid groups (broad SMARTS) is 2. The molecule has 0 aliphatic rings. The Kier molecular flexibility index (Phi) is 6.13. The van der Waals surface area contributed by atoms with Crippen molar-refractivity contribution in [3.8, 4) is 0 Å². The van der Waals surface area contributed by atoms with Crippen LogP contribution in [-0.4, -0.2) is 33.7 Å². The SMILES string of the molecule is O=C(O)[C@@H](C(=O)C(=O)[C@H](C(=O)O)c1ccc(Cl)cc1)c1ccc(Cl)cc1. The van der Waals surface area contributed by atoms with Gasteiger partial charge in [-0.2, -0.15) is 0 Å². The first kappa shape index (κ1) is 19.6. The Morgan fingerprint density at radius 3 is 1.12 bits per heavy atom. The predicted molar refractivity (Wildman–Crippen MR) is 93.7 cm³/mol. The zero-order valence-electron chi connectivity index (χ0n) is 13.1. The first-order valence-corrected chi connectivity index (χ1v) is 8.02. The van der Waals surface area contributed by atoms with Crippen LogP contribution in [0.5, 0.6) is 0 Å². The van der Waals surface area contributed by atoms with Crippen LogP contribution < -0.4 is 0 Å². The molecule has 6 nitrogen and oxygen atoms in total. The highest BCUT2D eigenvalue weighted by Gasteiger charge is 2.40. The number of hydrogen-bond donors (Lipinski definition) is 2. The van der Waals surface area contributed by atoms with Gasteiger partial charge in [0.05, 0.1) is 0 Å². The van der Waals surface area contributed by atoms with E-state index in [0.717, 1.165) is 0 Å². The lowest BCUT2D eigenvalue weighted by Gasteiger charge is -2.15. The number of ketones is 2. The summed E-state index contributed by atoms with van der Waals surface area (Å²) in [4.78, 5) is 48.1. The summed E-state index contributed by atoms with van der Waals surface area (Å²) < 4.78 is 0. The van der Waals surface area contributed by atoms with Gasteiger partial charge in [0.2, 0.25) is 11.6 Å². The molecule has 0 saturated heterocycles. The summed E-state index contributed by atoms with van der Waals surface area (Å²) in [5, 5.41) is 19.4. The van der Waals surface area contributed by atoms with Gasteiger partial charge in [0.15, 0.2) is 0 Å². The minimum absolute atomic E-state index is 0.0282. The van der Waals surface area contributed by atoms with E-state index in [-0.39, 0.29) is 11.1 Å². The highest BCUT2D eigenvalue weighted by molar-refractivity contribution is 6.47. The number of carboxylic acids is 2. The normalized spacial score (nSPS) is 12.8.